The van der Waals surface area contributed by atoms with E-state index in [1.165, 1.54) is 12.8 Å². The average Bonchev–Trinajstić information content (AvgIpc) is 3.02. The number of aliphatic hydroxyl groups excluding tert-OH is 1. The highest BCUT2D eigenvalue weighted by molar-refractivity contribution is 4.92. The molecule has 4 heteroatoms. The van der Waals surface area contributed by atoms with E-state index in [0.717, 1.165) is 18.9 Å². The van der Waals surface area contributed by atoms with Gasteiger partial charge in [0, 0.05) is 25.0 Å². The van der Waals surface area contributed by atoms with E-state index in [9.17, 15) is 0 Å². The van der Waals surface area contributed by atoms with Crippen LogP contribution in [0.5, 0.6) is 0 Å². The number of rotatable bonds is 5. The first-order valence-corrected chi connectivity index (χ1v) is 5.01. The van der Waals surface area contributed by atoms with E-state index >= 15 is 0 Å². The lowest BCUT2D eigenvalue weighted by Crippen LogP contribution is -2.29. The summed E-state index contributed by atoms with van der Waals surface area (Å²) in [5.74, 6) is 0.841. The second-order valence-electron chi connectivity index (χ2n) is 3.59. The predicted molar refractivity (Wildman–Crippen MR) is 52.5 cm³/mol. The molecule has 1 N–H and O–H groups in total. The SMILES string of the molecule is OCCN(Cc1ncccn1)C1CC1. The smallest absolute Gasteiger partial charge is 0.142 e. The Labute approximate surface area is 83.6 Å². The molecule has 14 heavy (non-hydrogen) atoms. The lowest BCUT2D eigenvalue weighted by molar-refractivity contribution is 0.180. The summed E-state index contributed by atoms with van der Waals surface area (Å²) < 4.78 is 0. The number of hydrogen-bond donors (Lipinski definition) is 1. The molecule has 1 aromatic heterocycles. The van der Waals surface area contributed by atoms with Gasteiger partial charge >= 0.3 is 0 Å². The molecule has 1 heterocycles. The predicted octanol–water partition coefficient (Wildman–Crippen LogP) is 0.433. The van der Waals surface area contributed by atoms with Gasteiger partial charge in [0.15, 0.2) is 0 Å². The van der Waals surface area contributed by atoms with Gasteiger partial charge in [-0.05, 0) is 18.9 Å². The number of hydrogen-bond acceptors (Lipinski definition) is 4. The van der Waals surface area contributed by atoms with Gasteiger partial charge in [-0.15, -0.1) is 0 Å². The van der Waals surface area contributed by atoms with Crippen molar-refractivity contribution in [2.75, 3.05) is 13.2 Å². The maximum atomic E-state index is 8.91. The molecule has 1 aliphatic rings. The van der Waals surface area contributed by atoms with Crippen LogP contribution in [0.15, 0.2) is 18.5 Å². The maximum Gasteiger partial charge on any atom is 0.142 e. The summed E-state index contributed by atoms with van der Waals surface area (Å²) >= 11 is 0. The molecule has 0 amide bonds. The monoisotopic (exact) mass is 193 g/mol. The minimum atomic E-state index is 0.212. The normalized spacial score (nSPS) is 16.1. The molecule has 0 radical (unpaired) electrons. The topological polar surface area (TPSA) is 49.2 Å². The molecule has 76 valence electrons. The summed E-state index contributed by atoms with van der Waals surface area (Å²) in [6, 6.07) is 2.46. The first kappa shape index (κ1) is 9.55. The van der Waals surface area contributed by atoms with Crippen molar-refractivity contribution in [2.45, 2.75) is 25.4 Å². The Morgan fingerprint density at radius 1 is 1.36 bits per heavy atom. The Morgan fingerprint density at radius 3 is 2.64 bits per heavy atom. The van der Waals surface area contributed by atoms with Crippen LogP contribution in [0.2, 0.25) is 0 Å². The molecule has 0 unspecified atom stereocenters. The zero-order valence-electron chi connectivity index (χ0n) is 8.13. The molecule has 0 aliphatic heterocycles. The zero-order chi connectivity index (χ0) is 9.80. The third kappa shape index (κ3) is 2.49. The van der Waals surface area contributed by atoms with E-state index in [4.69, 9.17) is 5.11 Å². The quantitative estimate of drug-likeness (QED) is 0.737. The van der Waals surface area contributed by atoms with Gasteiger partial charge in [-0.1, -0.05) is 0 Å². The molecule has 0 bridgehead atoms. The van der Waals surface area contributed by atoms with Crippen molar-refractivity contribution in [2.24, 2.45) is 0 Å². The molecule has 1 fully saturated rings. The molecule has 0 aromatic carbocycles. The van der Waals surface area contributed by atoms with Crippen LogP contribution in [-0.2, 0) is 6.54 Å². The van der Waals surface area contributed by atoms with Gasteiger partial charge < -0.3 is 5.11 Å². The summed E-state index contributed by atoms with van der Waals surface area (Å²) in [7, 11) is 0. The van der Waals surface area contributed by atoms with Gasteiger partial charge in [-0.25, -0.2) is 9.97 Å². The Kier molecular flexibility index (Phi) is 3.06. The number of aliphatic hydroxyl groups is 1. The van der Waals surface area contributed by atoms with Crippen molar-refractivity contribution < 1.29 is 5.11 Å². The minimum absolute atomic E-state index is 0.212. The maximum absolute atomic E-state index is 8.91. The van der Waals surface area contributed by atoms with Gasteiger partial charge in [0.05, 0.1) is 13.2 Å². The third-order valence-electron chi connectivity index (χ3n) is 2.41. The average molecular weight is 193 g/mol. The lowest BCUT2D eigenvalue weighted by Gasteiger charge is -2.19. The molecule has 2 rings (SSSR count). The number of aromatic nitrogens is 2. The summed E-state index contributed by atoms with van der Waals surface area (Å²) in [4.78, 5) is 10.6. The van der Waals surface area contributed by atoms with E-state index in [1.807, 2.05) is 6.07 Å². The van der Waals surface area contributed by atoms with Gasteiger partial charge in [0.25, 0.3) is 0 Å². The summed E-state index contributed by atoms with van der Waals surface area (Å²) in [5.41, 5.74) is 0. The fourth-order valence-electron chi connectivity index (χ4n) is 1.55. The standard InChI is InChI=1S/C10H15N3O/c14-7-6-13(9-2-3-9)8-10-11-4-1-5-12-10/h1,4-5,9,14H,2-3,6-8H2. The van der Waals surface area contributed by atoms with Gasteiger partial charge in [-0.3, -0.25) is 4.90 Å². The molecule has 4 nitrogen and oxygen atoms in total. The van der Waals surface area contributed by atoms with Crippen LogP contribution in [0.1, 0.15) is 18.7 Å². The second-order valence-corrected chi connectivity index (χ2v) is 3.59. The van der Waals surface area contributed by atoms with Crippen LogP contribution in [0.4, 0.5) is 0 Å². The largest absolute Gasteiger partial charge is 0.395 e. The molecule has 0 spiro atoms. The molecule has 1 saturated carbocycles. The van der Waals surface area contributed by atoms with E-state index in [-0.39, 0.29) is 6.61 Å². The second kappa shape index (κ2) is 4.48. The van der Waals surface area contributed by atoms with Crippen LogP contribution in [-0.4, -0.2) is 39.2 Å². The van der Waals surface area contributed by atoms with Crippen LogP contribution in [0, 0.1) is 0 Å². The molecule has 0 atom stereocenters. The molecule has 1 aliphatic carbocycles. The van der Waals surface area contributed by atoms with Crippen molar-refractivity contribution in [3.05, 3.63) is 24.3 Å². The summed E-state index contributed by atoms with van der Waals surface area (Å²) in [6.07, 6.45) is 6.00. The van der Waals surface area contributed by atoms with Gasteiger partial charge in [0.1, 0.15) is 5.82 Å². The Bertz CT molecular complexity index is 274. The van der Waals surface area contributed by atoms with Crippen molar-refractivity contribution >= 4 is 0 Å². The Balaban J connectivity index is 1.93. The zero-order valence-corrected chi connectivity index (χ0v) is 8.13. The van der Waals surface area contributed by atoms with Crippen LogP contribution in [0.3, 0.4) is 0 Å². The van der Waals surface area contributed by atoms with Crippen LogP contribution < -0.4 is 0 Å². The fourth-order valence-corrected chi connectivity index (χ4v) is 1.55. The van der Waals surface area contributed by atoms with Gasteiger partial charge in [0.2, 0.25) is 0 Å². The summed E-state index contributed by atoms with van der Waals surface area (Å²) in [6.45, 7) is 1.69. The highest BCUT2D eigenvalue weighted by atomic mass is 16.3. The molecule has 0 saturated heterocycles. The minimum Gasteiger partial charge on any atom is -0.395 e. The van der Waals surface area contributed by atoms with E-state index in [0.29, 0.717) is 6.04 Å². The Morgan fingerprint density at radius 2 is 2.07 bits per heavy atom. The van der Waals surface area contributed by atoms with Crippen molar-refractivity contribution in [1.82, 2.24) is 14.9 Å². The lowest BCUT2D eigenvalue weighted by atomic mass is 10.4. The summed E-state index contributed by atoms with van der Waals surface area (Å²) in [5, 5.41) is 8.91. The van der Waals surface area contributed by atoms with Crippen molar-refractivity contribution in [3.63, 3.8) is 0 Å². The van der Waals surface area contributed by atoms with Crippen LogP contribution in [0.25, 0.3) is 0 Å². The molecular weight excluding hydrogens is 178 g/mol. The fraction of sp³-hybridized carbons (Fsp3) is 0.600. The Hall–Kier alpha value is -1.00. The highest BCUT2D eigenvalue weighted by Gasteiger charge is 2.28. The first-order valence-electron chi connectivity index (χ1n) is 5.01. The third-order valence-corrected chi connectivity index (χ3v) is 2.41. The van der Waals surface area contributed by atoms with Crippen LogP contribution >= 0.6 is 0 Å². The van der Waals surface area contributed by atoms with E-state index < -0.39 is 0 Å². The molecule has 1 aromatic rings. The van der Waals surface area contributed by atoms with Crippen molar-refractivity contribution in [1.29, 1.82) is 0 Å². The first-order chi connectivity index (χ1) is 6.90. The van der Waals surface area contributed by atoms with E-state index in [2.05, 4.69) is 14.9 Å². The number of nitrogens with zero attached hydrogens (tertiary/aromatic N) is 3. The van der Waals surface area contributed by atoms with Gasteiger partial charge in [-0.2, -0.15) is 0 Å². The molecular formula is C10H15N3O. The van der Waals surface area contributed by atoms with E-state index in [1.54, 1.807) is 12.4 Å². The van der Waals surface area contributed by atoms with Crippen molar-refractivity contribution in [3.8, 4) is 0 Å². The highest BCUT2D eigenvalue weighted by Crippen LogP contribution is 2.27.